The van der Waals surface area contributed by atoms with Gasteiger partial charge in [0.2, 0.25) is 0 Å². The van der Waals surface area contributed by atoms with Gasteiger partial charge < -0.3 is 16.0 Å². The second-order valence-electron chi connectivity index (χ2n) is 8.58. The number of amides is 2. The first-order valence-electron chi connectivity index (χ1n) is 10.4. The van der Waals surface area contributed by atoms with E-state index in [2.05, 4.69) is 30.3 Å². The highest BCUT2D eigenvalue weighted by atomic mass is 32.1. The van der Waals surface area contributed by atoms with Crippen molar-refractivity contribution in [3.8, 4) is 0 Å². The van der Waals surface area contributed by atoms with Gasteiger partial charge in [-0.25, -0.2) is 4.98 Å². The largest absolute Gasteiger partial charge is 0.347 e. The molecule has 168 valence electrons. The molecule has 0 aliphatic rings. The number of para-hydroxylation sites is 2. The van der Waals surface area contributed by atoms with E-state index in [9.17, 15) is 9.59 Å². The molecule has 3 N–H and O–H groups in total. The third-order valence-electron chi connectivity index (χ3n) is 4.65. The maximum absolute atomic E-state index is 13.1. The fourth-order valence-corrected chi connectivity index (χ4v) is 4.00. The molecule has 2 heterocycles. The number of nitrogens with zero attached hydrogens (tertiary/aromatic N) is 3. The van der Waals surface area contributed by atoms with E-state index in [4.69, 9.17) is 0 Å². The summed E-state index contributed by atoms with van der Waals surface area (Å²) in [6, 6.07) is 14.4. The highest BCUT2D eigenvalue weighted by Gasteiger charge is 2.20. The van der Waals surface area contributed by atoms with Gasteiger partial charge in [-0.3, -0.25) is 14.6 Å². The SMILES string of the molecule is Cc1nsc(Nc2cnc3ccccc3n2)c1C(=O)Nc1cccc(C(=O)NC(C)(C)C)c1. The Bertz CT molecular complexity index is 1340. The van der Waals surface area contributed by atoms with E-state index in [0.717, 1.165) is 11.0 Å². The predicted octanol–water partition coefficient (Wildman–Crippen LogP) is 4.92. The number of fused-ring (bicyclic) bond motifs is 1. The van der Waals surface area contributed by atoms with Gasteiger partial charge in [0.15, 0.2) is 0 Å². The van der Waals surface area contributed by atoms with Gasteiger partial charge in [0, 0.05) is 16.8 Å². The molecule has 9 heteroatoms. The molecular weight excluding hydrogens is 436 g/mol. The summed E-state index contributed by atoms with van der Waals surface area (Å²) in [4.78, 5) is 34.5. The van der Waals surface area contributed by atoms with Gasteiger partial charge in [0.1, 0.15) is 10.8 Å². The summed E-state index contributed by atoms with van der Waals surface area (Å²) in [5, 5.41) is 9.52. The van der Waals surface area contributed by atoms with Crippen LogP contribution in [0.2, 0.25) is 0 Å². The van der Waals surface area contributed by atoms with Crippen molar-refractivity contribution < 1.29 is 9.59 Å². The topological polar surface area (TPSA) is 109 Å². The van der Waals surface area contributed by atoms with Crippen LogP contribution < -0.4 is 16.0 Å². The van der Waals surface area contributed by atoms with Crippen LogP contribution in [-0.2, 0) is 0 Å². The summed E-state index contributed by atoms with van der Waals surface area (Å²) in [6.07, 6.45) is 1.62. The molecule has 0 aliphatic heterocycles. The smallest absolute Gasteiger partial charge is 0.260 e. The maximum Gasteiger partial charge on any atom is 0.260 e. The summed E-state index contributed by atoms with van der Waals surface area (Å²) in [7, 11) is 0. The molecular formula is C24H24N6O2S. The second-order valence-corrected chi connectivity index (χ2v) is 9.35. The lowest BCUT2D eigenvalue weighted by atomic mass is 10.1. The number of aromatic nitrogens is 3. The third kappa shape index (κ3) is 5.32. The number of nitrogens with one attached hydrogen (secondary N) is 3. The van der Waals surface area contributed by atoms with Crippen molar-refractivity contribution in [3.63, 3.8) is 0 Å². The van der Waals surface area contributed by atoms with Crippen molar-refractivity contribution in [2.24, 2.45) is 0 Å². The summed E-state index contributed by atoms with van der Waals surface area (Å²) < 4.78 is 4.33. The molecule has 0 atom stereocenters. The van der Waals surface area contributed by atoms with Crippen LogP contribution in [0.1, 0.15) is 47.2 Å². The number of hydrogen-bond acceptors (Lipinski definition) is 7. The van der Waals surface area contributed by atoms with Gasteiger partial charge in [0.05, 0.1) is 28.5 Å². The van der Waals surface area contributed by atoms with Crippen molar-refractivity contribution in [2.45, 2.75) is 33.2 Å². The quantitative estimate of drug-likeness (QED) is 0.390. The predicted molar refractivity (Wildman–Crippen MR) is 131 cm³/mol. The fourth-order valence-electron chi connectivity index (χ4n) is 3.20. The van der Waals surface area contributed by atoms with E-state index in [0.29, 0.717) is 33.3 Å². The Morgan fingerprint density at radius 3 is 2.48 bits per heavy atom. The molecule has 0 aliphatic carbocycles. The summed E-state index contributed by atoms with van der Waals surface area (Å²) in [5.41, 5.74) is 3.17. The van der Waals surface area contributed by atoms with Crippen LogP contribution >= 0.6 is 11.5 Å². The zero-order chi connectivity index (χ0) is 23.6. The minimum atomic E-state index is -0.359. The molecule has 8 nitrogen and oxygen atoms in total. The standard InChI is InChI=1S/C24H24N6O2S/c1-14-20(22(32)26-16-9-7-8-15(12-16)21(31)29-24(2,3)4)23(33-30-14)28-19-13-25-17-10-5-6-11-18(17)27-19/h5-13H,1-4H3,(H,26,32)(H,27,28)(H,29,31). The van der Waals surface area contributed by atoms with Crippen LogP contribution in [0.4, 0.5) is 16.5 Å². The van der Waals surface area contributed by atoms with Crippen LogP contribution in [-0.4, -0.2) is 31.7 Å². The molecule has 0 saturated heterocycles. The van der Waals surface area contributed by atoms with Gasteiger partial charge >= 0.3 is 0 Å². The van der Waals surface area contributed by atoms with Crippen LogP contribution in [0.5, 0.6) is 0 Å². The number of aryl methyl sites for hydroxylation is 1. The molecule has 2 aromatic carbocycles. The lowest BCUT2D eigenvalue weighted by Gasteiger charge is -2.20. The second kappa shape index (κ2) is 8.95. The molecule has 0 spiro atoms. The molecule has 0 bridgehead atoms. The van der Waals surface area contributed by atoms with Crippen molar-refractivity contribution in [1.29, 1.82) is 0 Å². The van der Waals surface area contributed by atoms with Crippen molar-refractivity contribution in [1.82, 2.24) is 19.7 Å². The van der Waals surface area contributed by atoms with E-state index in [1.165, 1.54) is 11.5 Å². The number of anilines is 3. The summed E-state index contributed by atoms with van der Waals surface area (Å²) in [6.45, 7) is 7.52. The first-order chi connectivity index (χ1) is 15.7. The molecule has 0 saturated carbocycles. The van der Waals surface area contributed by atoms with Gasteiger partial charge in [-0.1, -0.05) is 18.2 Å². The lowest BCUT2D eigenvalue weighted by molar-refractivity contribution is 0.0918. The first-order valence-corrected chi connectivity index (χ1v) is 11.2. The van der Waals surface area contributed by atoms with Crippen LogP contribution in [0, 0.1) is 6.92 Å². The highest BCUT2D eigenvalue weighted by Crippen LogP contribution is 2.28. The van der Waals surface area contributed by atoms with Crippen molar-refractivity contribution in [3.05, 3.63) is 71.5 Å². The molecule has 4 rings (SSSR count). The number of carbonyl (C=O) groups excluding carboxylic acids is 2. The van der Waals surface area contributed by atoms with E-state index < -0.39 is 0 Å². The zero-order valence-electron chi connectivity index (χ0n) is 18.8. The highest BCUT2D eigenvalue weighted by molar-refractivity contribution is 7.10. The average molecular weight is 461 g/mol. The Labute approximate surface area is 195 Å². The minimum absolute atomic E-state index is 0.204. The van der Waals surface area contributed by atoms with Gasteiger partial charge in [-0.2, -0.15) is 4.37 Å². The average Bonchev–Trinajstić information content (AvgIpc) is 3.12. The number of carbonyl (C=O) groups is 2. The van der Waals surface area contributed by atoms with Crippen molar-refractivity contribution >= 4 is 50.9 Å². The maximum atomic E-state index is 13.1. The Hall–Kier alpha value is -3.85. The molecule has 4 aromatic rings. The minimum Gasteiger partial charge on any atom is -0.347 e. The van der Waals surface area contributed by atoms with Crippen LogP contribution in [0.15, 0.2) is 54.7 Å². The zero-order valence-corrected chi connectivity index (χ0v) is 19.6. The number of hydrogen-bond donors (Lipinski definition) is 3. The van der Waals surface area contributed by atoms with Crippen molar-refractivity contribution in [2.75, 3.05) is 10.6 Å². The Kier molecular flexibility index (Phi) is 6.06. The molecule has 0 fully saturated rings. The molecule has 2 amide bonds. The summed E-state index contributed by atoms with van der Waals surface area (Å²) >= 11 is 1.18. The first kappa shape index (κ1) is 22.3. The molecule has 2 aromatic heterocycles. The Morgan fingerprint density at radius 2 is 1.73 bits per heavy atom. The Balaban J connectivity index is 1.54. The van der Waals surface area contributed by atoms with Gasteiger partial charge in [-0.15, -0.1) is 0 Å². The normalized spacial score (nSPS) is 11.3. The molecule has 0 unspecified atom stereocenters. The Morgan fingerprint density at radius 1 is 0.970 bits per heavy atom. The van der Waals surface area contributed by atoms with Gasteiger partial charge in [-0.05, 0) is 69.6 Å². The van der Waals surface area contributed by atoms with Crippen LogP contribution in [0.3, 0.4) is 0 Å². The number of rotatable bonds is 5. The van der Waals surface area contributed by atoms with Crippen LogP contribution in [0.25, 0.3) is 11.0 Å². The van der Waals surface area contributed by atoms with E-state index in [1.807, 2.05) is 45.0 Å². The van der Waals surface area contributed by atoms with Gasteiger partial charge in [0.25, 0.3) is 11.8 Å². The van der Waals surface area contributed by atoms with E-state index in [1.54, 1.807) is 37.4 Å². The summed E-state index contributed by atoms with van der Waals surface area (Å²) in [5.74, 6) is -0.0117. The molecule has 0 radical (unpaired) electrons. The molecule has 33 heavy (non-hydrogen) atoms. The van der Waals surface area contributed by atoms with E-state index in [-0.39, 0.29) is 17.4 Å². The van der Waals surface area contributed by atoms with E-state index >= 15 is 0 Å². The number of benzene rings is 2. The lowest BCUT2D eigenvalue weighted by Crippen LogP contribution is -2.40. The monoisotopic (exact) mass is 460 g/mol. The third-order valence-corrected chi connectivity index (χ3v) is 5.51. The fraction of sp³-hybridized carbons (Fsp3) is 0.208.